The van der Waals surface area contributed by atoms with Gasteiger partial charge in [0, 0.05) is 23.1 Å². The van der Waals surface area contributed by atoms with Crippen LogP contribution in [0.15, 0.2) is 54.6 Å². The van der Waals surface area contributed by atoms with Crippen molar-refractivity contribution in [2.75, 3.05) is 10.6 Å². The summed E-state index contributed by atoms with van der Waals surface area (Å²) in [6.45, 7) is 5.76. The molecule has 4 rings (SSSR count). The highest BCUT2D eigenvalue weighted by atomic mass is 19.4. The molecule has 2 N–H and O–H groups in total. The quantitative estimate of drug-likeness (QED) is 0.260. The van der Waals surface area contributed by atoms with Crippen LogP contribution in [0.3, 0.4) is 0 Å². The van der Waals surface area contributed by atoms with Crippen molar-refractivity contribution in [3.8, 4) is 17.4 Å². The number of carbonyl (C=O) groups excluding carboxylic acids is 1. The molecule has 4 aromatic rings. The highest BCUT2D eigenvalue weighted by molar-refractivity contribution is 5.99. The van der Waals surface area contributed by atoms with Crippen LogP contribution in [0, 0.1) is 20.8 Å². The van der Waals surface area contributed by atoms with Gasteiger partial charge in [-0.05, 0) is 74.9 Å². The molecule has 2 amide bonds. The maximum Gasteiger partial charge on any atom is 0.416 e. The number of benzene rings is 2. The molecule has 0 saturated heterocycles. The molecule has 0 aliphatic carbocycles. The number of aromatic nitrogens is 4. The number of urea groups is 1. The van der Waals surface area contributed by atoms with Crippen molar-refractivity contribution in [2.24, 2.45) is 0 Å². The summed E-state index contributed by atoms with van der Waals surface area (Å²) in [5, 5.41) is 16.9. The molecule has 2 aromatic carbocycles. The number of alkyl halides is 6. The summed E-state index contributed by atoms with van der Waals surface area (Å²) in [6, 6.07) is 8.81. The minimum absolute atomic E-state index is 0.0278. The third kappa shape index (κ3) is 6.45. The second kappa shape index (κ2) is 10.3. The van der Waals surface area contributed by atoms with Crippen LogP contribution in [0.4, 0.5) is 42.5 Å². The van der Waals surface area contributed by atoms with E-state index >= 15 is 0 Å². The Balaban J connectivity index is 1.40. The van der Waals surface area contributed by atoms with Crippen LogP contribution in [0.5, 0.6) is 11.6 Å². The van der Waals surface area contributed by atoms with E-state index in [0.717, 1.165) is 17.0 Å². The molecule has 2 aromatic heterocycles. The van der Waals surface area contributed by atoms with Crippen LogP contribution >= 0.6 is 0 Å². The standard InChI is InChI=1S/C25H20F6N6O2/c1-13-14(2)36-37(15(13)3)21-8-9-22(35-34-21)39-20-6-4-18(5-7-20)32-23(38)33-19-11-16(24(26,27)28)10-17(12-19)25(29,30)31/h4-12H,1-3H3,(H2,32,33,38). The first-order chi connectivity index (χ1) is 18.2. The smallest absolute Gasteiger partial charge is 0.416 e. The van der Waals surface area contributed by atoms with Gasteiger partial charge in [-0.15, -0.1) is 10.2 Å². The van der Waals surface area contributed by atoms with E-state index in [9.17, 15) is 31.1 Å². The van der Waals surface area contributed by atoms with Crippen molar-refractivity contribution >= 4 is 17.4 Å². The van der Waals surface area contributed by atoms with Gasteiger partial charge < -0.3 is 15.4 Å². The Morgan fingerprint density at radius 1 is 0.795 bits per heavy atom. The summed E-state index contributed by atoms with van der Waals surface area (Å²) in [7, 11) is 0. The summed E-state index contributed by atoms with van der Waals surface area (Å²) in [4.78, 5) is 12.2. The van der Waals surface area contributed by atoms with Gasteiger partial charge in [-0.2, -0.15) is 31.4 Å². The van der Waals surface area contributed by atoms with E-state index in [1.807, 2.05) is 26.1 Å². The lowest BCUT2D eigenvalue weighted by Crippen LogP contribution is -2.20. The Hall–Kier alpha value is -4.62. The average molecular weight is 550 g/mol. The minimum atomic E-state index is -5.04. The van der Waals surface area contributed by atoms with Gasteiger partial charge in [-0.1, -0.05) is 0 Å². The predicted molar refractivity (Wildman–Crippen MR) is 129 cm³/mol. The number of ether oxygens (including phenoxy) is 1. The Bertz CT molecular complexity index is 1460. The number of carbonyl (C=O) groups is 1. The minimum Gasteiger partial charge on any atom is -0.438 e. The molecule has 0 aliphatic rings. The van der Waals surface area contributed by atoms with E-state index < -0.39 is 35.2 Å². The number of aryl methyl sites for hydroxylation is 1. The van der Waals surface area contributed by atoms with Crippen LogP contribution in [0.2, 0.25) is 0 Å². The van der Waals surface area contributed by atoms with Crippen molar-refractivity contribution in [3.05, 3.63) is 82.7 Å². The third-order valence-electron chi connectivity index (χ3n) is 5.68. The van der Waals surface area contributed by atoms with Crippen molar-refractivity contribution in [1.29, 1.82) is 0 Å². The Kier molecular flexibility index (Phi) is 7.22. The molecule has 0 unspecified atom stereocenters. The van der Waals surface area contributed by atoms with Crippen LogP contribution in [0.25, 0.3) is 5.82 Å². The number of nitrogens with zero attached hydrogens (tertiary/aromatic N) is 4. The average Bonchev–Trinajstić information content (AvgIpc) is 3.11. The molecule has 0 spiro atoms. The number of halogens is 6. The fraction of sp³-hybridized carbons (Fsp3) is 0.200. The van der Waals surface area contributed by atoms with Crippen molar-refractivity contribution in [3.63, 3.8) is 0 Å². The highest BCUT2D eigenvalue weighted by Crippen LogP contribution is 2.37. The van der Waals surface area contributed by atoms with Crippen LogP contribution < -0.4 is 15.4 Å². The van der Waals surface area contributed by atoms with E-state index in [-0.39, 0.29) is 17.6 Å². The largest absolute Gasteiger partial charge is 0.438 e. The molecule has 0 radical (unpaired) electrons. The fourth-order valence-electron chi connectivity index (χ4n) is 3.47. The molecule has 0 atom stereocenters. The molecular weight excluding hydrogens is 530 g/mol. The fourth-order valence-corrected chi connectivity index (χ4v) is 3.47. The second-order valence-corrected chi connectivity index (χ2v) is 8.44. The number of hydrogen-bond acceptors (Lipinski definition) is 5. The summed E-state index contributed by atoms with van der Waals surface area (Å²) in [6.07, 6.45) is -10.1. The topological polar surface area (TPSA) is 94.0 Å². The molecule has 0 bridgehead atoms. The number of hydrogen-bond donors (Lipinski definition) is 2. The monoisotopic (exact) mass is 550 g/mol. The maximum atomic E-state index is 13.0. The first-order valence-corrected chi connectivity index (χ1v) is 11.2. The molecule has 39 heavy (non-hydrogen) atoms. The van der Waals surface area contributed by atoms with E-state index in [0.29, 0.717) is 23.7 Å². The molecule has 0 fully saturated rings. The van der Waals surface area contributed by atoms with E-state index in [1.54, 1.807) is 16.8 Å². The Morgan fingerprint density at radius 2 is 1.38 bits per heavy atom. The van der Waals surface area contributed by atoms with Gasteiger partial charge in [0.05, 0.1) is 16.8 Å². The second-order valence-electron chi connectivity index (χ2n) is 8.44. The maximum absolute atomic E-state index is 13.0. The van der Waals surface area contributed by atoms with E-state index in [1.165, 1.54) is 24.3 Å². The van der Waals surface area contributed by atoms with Gasteiger partial charge in [0.2, 0.25) is 5.88 Å². The molecule has 204 valence electrons. The molecule has 2 heterocycles. The molecule has 0 aliphatic heterocycles. The Morgan fingerprint density at radius 3 is 1.87 bits per heavy atom. The first kappa shape index (κ1) is 27.4. The summed E-state index contributed by atoms with van der Waals surface area (Å²) in [5.74, 6) is 1.02. The predicted octanol–water partition coefficient (Wildman–Crippen LogP) is 7.06. The number of nitrogens with one attached hydrogen (secondary N) is 2. The van der Waals surface area contributed by atoms with Crippen LogP contribution in [-0.4, -0.2) is 26.0 Å². The van der Waals surface area contributed by atoms with Gasteiger partial charge in [-0.3, -0.25) is 0 Å². The zero-order chi connectivity index (χ0) is 28.5. The zero-order valence-electron chi connectivity index (χ0n) is 20.6. The zero-order valence-corrected chi connectivity index (χ0v) is 20.6. The van der Waals surface area contributed by atoms with Gasteiger partial charge in [0.25, 0.3) is 0 Å². The summed E-state index contributed by atoms with van der Waals surface area (Å²) >= 11 is 0. The first-order valence-electron chi connectivity index (χ1n) is 11.2. The SMILES string of the molecule is Cc1nn(-c2ccc(Oc3ccc(NC(=O)Nc4cc(C(F)(F)F)cc(C(F)(F)F)c4)cc3)nn2)c(C)c1C. The number of anilines is 2. The van der Waals surface area contributed by atoms with Crippen molar-refractivity contribution < 1.29 is 35.9 Å². The molecule has 14 heteroatoms. The highest BCUT2D eigenvalue weighted by Gasteiger charge is 2.37. The van der Waals surface area contributed by atoms with Crippen LogP contribution in [-0.2, 0) is 12.4 Å². The normalized spacial score (nSPS) is 11.8. The van der Waals surface area contributed by atoms with Gasteiger partial charge >= 0.3 is 18.4 Å². The van der Waals surface area contributed by atoms with E-state index in [2.05, 4.69) is 20.6 Å². The summed E-state index contributed by atoms with van der Waals surface area (Å²) in [5.41, 5.74) is -0.725. The lowest BCUT2D eigenvalue weighted by atomic mass is 10.1. The number of amides is 2. The lowest BCUT2D eigenvalue weighted by molar-refractivity contribution is -0.143. The molecular formula is C25H20F6N6O2. The Labute approximate surface area is 217 Å². The lowest BCUT2D eigenvalue weighted by Gasteiger charge is -2.15. The molecule has 0 saturated carbocycles. The summed E-state index contributed by atoms with van der Waals surface area (Å²) < 4.78 is 85.4. The van der Waals surface area contributed by atoms with Crippen molar-refractivity contribution in [1.82, 2.24) is 20.0 Å². The third-order valence-corrected chi connectivity index (χ3v) is 5.68. The van der Waals surface area contributed by atoms with E-state index in [4.69, 9.17) is 4.74 Å². The van der Waals surface area contributed by atoms with Gasteiger partial charge in [0.1, 0.15) is 5.75 Å². The molecule has 8 nitrogen and oxygen atoms in total. The van der Waals surface area contributed by atoms with Crippen LogP contribution in [0.1, 0.15) is 28.1 Å². The van der Waals surface area contributed by atoms with Gasteiger partial charge in [0.15, 0.2) is 5.82 Å². The van der Waals surface area contributed by atoms with Gasteiger partial charge in [-0.25, -0.2) is 9.48 Å². The van der Waals surface area contributed by atoms with Crippen molar-refractivity contribution in [2.45, 2.75) is 33.1 Å². The number of rotatable bonds is 5.